The number of aromatic amines is 1. The van der Waals surface area contributed by atoms with Gasteiger partial charge in [-0.2, -0.15) is 19.1 Å². The highest BCUT2D eigenvalue weighted by Crippen LogP contribution is 2.60. The van der Waals surface area contributed by atoms with Gasteiger partial charge in [0.1, 0.15) is 52.8 Å². The molecular weight excluding hydrogens is 1270 g/mol. The highest BCUT2D eigenvalue weighted by atomic mass is 31.3. The lowest BCUT2D eigenvalue weighted by Gasteiger charge is -2.18. The van der Waals surface area contributed by atoms with Crippen molar-refractivity contribution in [2.75, 3.05) is 60.8 Å². The van der Waals surface area contributed by atoms with Gasteiger partial charge in [0.2, 0.25) is 17.5 Å². The van der Waals surface area contributed by atoms with Crippen molar-refractivity contribution in [2.24, 2.45) is 14.1 Å². The molecule has 40 heteroatoms. The fraction of sp³-hybridized carbons (Fsp3) is 0.235. The molecule has 0 saturated carbocycles. The lowest BCUT2D eigenvalue weighted by Crippen LogP contribution is -2.26. The Labute approximate surface area is 509 Å². The van der Waals surface area contributed by atoms with Gasteiger partial charge >= 0.3 is 41.5 Å². The van der Waals surface area contributed by atoms with Gasteiger partial charge in [0.05, 0.1) is 70.6 Å². The molecule has 3 aromatic carbocycles. The van der Waals surface area contributed by atoms with Gasteiger partial charge < -0.3 is 33.4 Å². The number of carbonyl (C=O) groups excluding carboxylic acids is 3. The first-order valence-electron chi connectivity index (χ1n) is 26.5. The number of halogens is 3. The van der Waals surface area contributed by atoms with Crippen LogP contribution in [-0.2, 0) is 59.9 Å². The zero-order chi connectivity index (χ0) is 64.4. The van der Waals surface area contributed by atoms with Crippen LogP contribution in [0.25, 0.3) is 67.9 Å². The maximum absolute atomic E-state index is 15.2. The van der Waals surface area contributed by atoms with E-state index in [1.807, 2.05) is 0 Å². The second-order valence-electron chi connectivity index (χ2n) is 19.8. The van der Waals surface area contributed by atoms with E-state index in [2.05, 4.69) is 70.7 Å². The fourth-order valence-electron chi connectivity index (χ4n) is 9.03. The van der Waals surface area contributed by atoms with Crippen molar-refractivity contribution in [1.82, 2.24) is 76.0 Å². The molecule has 0 radical (unpaired) electrons. The number of cyclic esters (lactones) is 3. The number of amides is 3. The number of aromatic nitrogens is 15. The van der Waals surface area contributed by atoms with Gasteiger partial charge in [-0.1, -0.05) is 18.2 Å². The molecule has 472 valence electrons. The third kappa shape index (κ3) is 15.2. The van der Waals surface area contributed by atoms with Gasteiger partial charge in [-0.05, 0) is 88.4 Å². The Morgan fingerprint density at radius 3 is 1.19 bits per heavy atom. The number of phosphoric ester groups is 2. The van der Waals surface area contributed by atoms with Gasteiger partial charge in [0.25, 0.3) is 0 Å². The summed E-state index contributed by atoms with van der Waals surface area (Å²) in [5.74, 6) is -1.04. The van der Waals surface area contributed by atoms with Crippen molar-refractivity contribution in [1.29, 1.82) is 0 Å². The number of aryl methyl sites for hydroxylation is 2. The SMILES string of the molecule is CP(=O)(O)OC[C@H]1CN(c2ccc(-c3ccc(-c4nn[nH]n4)nc3)c(F)c2)C(=O)O1.Cn1nnc(-c2ccc(-c3ccc(N4C[C@H](COP(=O)(O)OP(=O)(O)OC[C@H]5CN(c6ccc(-c7ccc(-c8nnn(C)n8)nc7)c(F)c6)C(=O)O5)OC4=O)cc3F)cn2)n1. The van der Waals surface area contributed by atoms with Gasteiger partial charge in [0, 0.05) is 58.6 Å². The maximum Gasteiger partial charge on any atom is 0.481 e. The van der Waals surface area contributed by atoms with Gasteiger partial charge in [-0.25, -0.2) is 36.7 Å². The highest BCUT2D eigenvalue weighted by Gasteiger charge is 2.42. The Kier molecular flexibility index (Phi) is 18.0. The number of tetrazole rings is 3. The van der Waals surface area contributed by atoms with Crippen molar-refractivity contribution in [3.8, 4) is 67.9 Å². The number of hydrogen-bond donors (Lipinski definition) is 4. The molecule has 9 heterocycles. The first-order chi connectivity index (χ1) is 43.4. The molecule has 3 aliphatic rings. The minimum atomic E-state index is -5.34. The number of rotatable bonds is 20. The highest BCUT2D eigenvalue weighted by molar-refractivity contribution is 7.61. The Morgan fingerprint density at radius 2 is 0.890 bits per heavy atom. The average Bonchev–Trinajstić information content (AvgIpc) is 2.79. The van der Waals surface area contributed by atoms with Gasteiger partial charge in [-0.15, -0.1) is 30.6 Å². The number of ether oxygens (including phenoxy) is 3. The Bertz CT molecular complexity index is 4140. The molecule has 0 bridgehead atoms. The molecule has 3 amide bonds. The molecule has 0 aliphatic carbocycles. The Hall–Kier alpha value is -9.67. The summed E-state index contributed by atoms with van der Waals surface area (Å²) in [7, 11) is -11.2. The van der Waals surface area contributed by atoms with E-state index in [1.165, 1.54) is 69.5 Å². The lowest BCUT2D eigenvalue weighted by molar-refractivity contribution is 0.0733. The van der Waals surface area contributed by atoms with Crippen LogP contribution in [0, 0.1) is 17.5 Å². The molecule has 91 heavy (non-hydrogen) atoms. The van der Waals surface area contributed by atoms with E-state index in [0.717, 1.165) is 28.6 Å². The molecule has 6 atom stereocenters. The minimum Gasteiger partial charge on any atom is -0.441 e. The summed E-state index contributed by atoms with van der Waals surface area (Å²) in [5.41, 5.74) is 3.86. The number of nitrogens with one attached hydrogen (secondary N) is 1. The zero-order valence-corrected chi connectivity index (χ0v) is 49.8. The van der Waals surface area contributed by atoms with Crippen LogP contribution in [-0.4, -0.2) is 173 Å². The summed E-state index contributed by atoms with van der Waals surface area (Å²) in [5, 5.41) is 36.9. The third-order valence-electron chi connectivity index (χ3n) is 13.2. The van der Waals surface area contributed by atoms with Crippen LogP contribution < -0.4 is 14.7 Å². The quantitative estimate of drug-likeness (QED) is 0.0480. The normalized spacial score (nSPS) is 18.5. The molecule has 6 aromatic heterocycles. The van der Waals surface area contributed by atoms with Crippen LogP contribution >= 0.6 is 23.2 Å². The molecule has 3 fully saturated rings. The van der Waals surface area contributed by atoms with Crippen LogP contribution in [0.1, 0.15) is 0 Å². The van der Waals surface area contributed by atoms with E-state index in [1.54, 1.807) is 56.6 Å². The molecule has 34 nitrogen and oxygen atoms in total. The van der Waals surface area contributed by atoms with Crippen molar-refractivity contribution in [3.05, 3.63) is 127 Å². The smallest absolute Gasteiger partial charge is 0.441 e. The summed E-state index contributed by atoms with van der Waals surface area (Å²) >= 11 is 0. The molecule has 3 aliphatic heterocycles. The van der Waals surface area contributed by atoms with Crippen LogP contribution in [0.2, 0.25) is 0 Å². The van der Waals surface area contributed by atoms with Crippen molar-refractivity contribution in [3.63, 3.8) is 0 Å². The summed E-state index contributed by atoms with van der Waals surface area (Å²) < 4.78 is 116. The van der Waals surface area contributed by atoms with E-state index in [-0.39, 0.29) is 60.4 Å². The van der Waals surface area contributed by atoms with Gasteiger partial charge in [0.15, 0.2) is 0 Å². The average molecular weight is 1320 g/mol. The van der Waals surface area contributed by atoms with Crippen molar-refractivity contribution < 1.29 is 88.0 Å². The topological polar surface area (TPSA) is 418 Å². The number of H-pyrrole nitrogens is 1. The summed E-state index contributed by atoms with van der Waals surface area (Å²) in [6.45, 7) is -1.18. The summed E-state index contributed by atoms with van der Waals surface area (Å²) in [6.07, 6.45) is -1.30. The van der Waals surface area contributed by atoms with E-state index >= 15 is 8.78 Å². The van der Waals surface area contributed by atoms with Crippen LogP contribution in [0.4, 0.5) is 44.6 Å². The first-order valence-corrected chi connectivity index (χ1v) is 31.5. The number of benzene rings is 3. The third-order valence-corrected chi connectivity index (χ3v) is 16.5. The number of pyridine rings is 3. The Balaban J connectivity index is 0.000000236. The first kappa shape index (κ1) is 62.9. The molecule has 4 N–H and O–H groups in total. The molecule has 3 unspecified atom stereocenters. The lowest BCUT2D eigenvalue weighted by atomic mass is 10.1. The molecule has 9 aromatic rings. The van der Waals surface area contributed by atoms with E-state index < -0.39 is 90.5 Å². The minimum absolute atomic E-state index is 0.0680. The van der Waals surface area contributed by atoms with Crippen LogP contribution in [0.5, 0.6) is 0 Å². The molecular formula is C51H46F3N18O16P3. The summed E-state index contributed by atoms with van der Waals surface area (Å²) in [6, 6.07) is 22.0. The van der Waals surface area contributed by atoms with Crippen LogP contribution in [0.3, 0.4) is 0 Å². The summed E-state index contributed by atoms with van der Waals surface area (Å²) in [4.78, 5) is 85.5. The number of nitrogens with zero attached hydrogens (tertiary/aromatic N) is 17. The van der Waals surface area contributed by atoms with Crippen LogP contribution in [0.15, 0.2) is 110 Å². The van der Waals surface area contributed by atoms with E-state index in [0.29, 0.717) is 50.8 Å². The second kappa shape index (κ2) is 26.0. The number of phosphoric acid groups is 2. The number of anilines is 3. The fourth-order valence-corrected chi connectivity index (χ4v) is 11.6. The zero-order valence-electron chi connectivity index (χ0n) is 47.1. The monoisotopic (exact) mass is 1320 g/mol. The molecule has 3 saturated heterocycles. The number of hydrogen-bond acceptors (Lipinski definition) is 25. The Morgan fingerprint density at radius 1 is 0.527 bits per heavy atom. The predicted molar refractivity (Wildman–Crippen MR) is 305 cm³/mol. The molecule has 12 rings (SSSR count). The second-order valence-corrected chi connectivity index (χ2v) is 24.7. The van der Waals surface area contributed by atoms with E-state index in [4.69, 9.17) is 27.8 Å². The molecule has 0 spiro atoms. The van der Waals surface area contributed by atoms with Gasteiger partial charge in [-0.3, -0.25) is 43.3 Å². The predicted octanol–water partition coefficient (Wildman–Crippen LogP) is 6.30. The van der Waals surface area contributed by atoms with Crippen molar-refractivity contribution in [2.45, 2.75) is 18.3 Å². The standard InChI is InChI=1S/C34H30F2N12O11P2.C17H16FN6O5P/c1-45-41-31(39-43-45)29-9-3-19(13-37-29)25-7-5-21(11-27(25)35)47-15-23(57-33(47)49)17-55-60(51,52)59-61(53,54)56-18-24-16-48(34(50)58-24)22-6-8-26(28(36)12-22)20-4-10-30(38-14-20)32-40-44-46(2)42-32;1-30(26,27)28-9-12-8-24(17(25)29-12)11-3-4-13(14(18)6-11)10-2-5-15(19-7-10)16-20-22-23-21-16/h3-14,23-24H,15-18H2,1-2H3,(H,51,52)(H,53,54);2-7,12H,8-9H2,1H3,(H,26,27)(H,20,21,22,23)/t23-,24-;12-/m11/s1. The largest absolute Gasteiger partial charge is 0.481 e. The number of carbonyl (C=O) groups is 3. The van der Waals surface area contributed by atoms with E-state index in [9.17, 15) is 47.1 Å². The maximum atomic E-state index is 15.2. The van der Waals surface area contributed by atoms with Crippen molar-refractivity contribution >= 4 is 58.6 Å².